The fourth-order valence-electron chi connectivity index (χ4n) is 2.68. The maximum absolute atomic E-state index is 12.4. The minimum absolute atomic E-state index is 0.0240. The van der Waals surface area contributed by atoms with Crippen molar-refractivity contribution in [2.24, 2.45) is 0 Å². The molecule has 5 nitrogen and oxygen atoms in total. The molecule has 0 saturated carbocycles. The number of carbonyl (C=O) groups is 1. The van der Waals surface area contributed by atoms with Gasteiger partial charge >= 0.3 is 4.87 Å². The first-order valence-electron chi connectivity index (χ1n) is 6.97. The number of aryl methyl sites for hydroxylation is 1. The van der Waals surface area contributed by atoms with Gasteiger partial charge in [-0.05, 0) is 27.7 Å². The van der Waals surface area contributed by atoms with E-state index in [9.17, 15) is 9.59 Å². The van der Waals surface area contributed by atoms with Crippen molar-refractivity contribution >= 4 is 17.2 Å². The highest BCUT2D eigenvalue weighted by Crippen LogP contribution is 2.16. The molecule has 0 unspecified atom stereocenters. The van der Waals surface area contributed by atoms with Crippen molar-refractivity contribution in [2.75, 3.05) is 13.2 Å². The Morgan fingerprint density at radius 2 is 1.90 bits per heavy atom. The van der Waals surface area contributed by atoms with Crippen LogP contribution in [0.2, 0.25) is 0 Å². The number of nitrogens with zero attached hydrogens (tertiary/aromatic N) is 2. The van der Waals surface area contributed by atoms with E-state index in [2.05, 4.69) is 0 Å². The molecular weight excluding hydrogens is 276 g/mol. The van der Waals surface area contributed by atoms with Gasteiger partial charge in [-0.2, -0.15) is 0 Å². The molecule has 1 fully saturated rings. The summed E-state index contributed by atoms with van der Waals surface area (Å²) in [7, 11) is 0. The van der Waals surface area contributed by atoms with Crippen LogP contribution in [-0.4, -0.2) is 40.7 Å². The molecule has 1 amide bonds. The van der Waals surface area contributed by atoms with Crippen LogP contribution in [0.15, 0.2) is 4.79 Å². The van der Waals surface area contributed by atoms with Crippen LogP contribution in [0.1, 0.15) is 30.8 Å². The molecule has 0 aromatic carbocycles. The number of ether oxygens (including phenoxy) is 1. The fourth-order valence-corrected chi connectivity index (χ4v) is 3.54. The number of amides is 1. The van der Waals surface area contributed by atoms with E-state index < -0.39 is 0 Å². The first-order valence-corrected chi connectivity index (χ1v) is 7.79. The lowest BCUT2D eigenvalue weighted by Gasteiger charge is -2.38. The molecule has 0 radical (unpaired) electrons. The molecule has 1 aromatic heterocycles. The lowest BCUT2D eigenvalue weighted by Crippen LogP contribution is -2.52. The molecule has 1 aliphatic heterocycles. The van der Waals surface area contributed by atoms with Gasteiger partial charge in [0.15, 0.2) is 0 Å². The van der Waals surface area contributed by atoms with Crippen LogP contribution in [0, 0.1) is 13.8 Å². The van der Waals surface area contributed by atoms with Crippen LogP contribution in [0.5, 0.6) is 0 Å². The minimum Gasteiger partial charge on any atom is -0.377 e. The third kappa shape index (κ3) is 2.96. The van der Waals surface area contributed by atoms with Crippen LogP contribution < -0.4 is 4.87 Å². The Kier molecular flexibility index (Phi) is 4.65. The van der Waals surface area contributed by atoms with Crippen molar-refractivity contribution in [3.8, 4) is 0 Å². The molecule has 0 spiro atoms. The molecule has 1 aliphatic rings. The third-order valence-electron chi connectivity index (χ3n) is 3.88. The zero-order valence-electron chi connectivity index (χ0n) is 12.5. The monoisotopic (exact) mass is 298 g/mol. The minimum atomic E-state index is 0.0240. The van der Waals surface area contributed by atoms with Crippen molar-refractivity contribution < 1.29 is 9.53 Å². The van der Waals surface area contributed by atoms with Crippen LogP contribution in [0.4, 0.5) is 0 Å². The summed E-state index contributed by atoms with van der Waals surface area (Å²) >= 11 is 1.25. The van der Waals surface area contributed by atoms with Gasteiger partial charge in [0.25, 0.3) is 0 Å². The summed E-state index contributed by atoms with van der Waals surface area (Å²) < 4.78 is 7.13. The summed E-state index contributed by atoms with van der Waals surface area (Å²) in [5, 5.41) is 0. The second-order valence-electron chi connectivity index (χ2n) is 5.45. The number of hydrogen-bond donors (Lipinski definition) is 0. The molecule has 1 saturated heterocycles. The number of thiazole rings is 1. The van der Waals surface area contributed by atoms with Crippen LogP contribution in [-0.2, 0) is 16.1 Å². The number of rotatable bonds is 3. The summed E-state index contributed by atoms with van der Waals surface area (Å²) in [6.45, 7) is 9.51. The van der Waals surface area contributed by atoms with Gasteiger partial charge in [-0.25, -0.2) is 0 Å². The summed E-state index contributed by atoms with van der Waals surface area (Å²) in [6, 6.07) is 0.210. The lowest BCUT2D eigenvalue weighted by atomic mass is 10.1. The van der Waals surface area contributed by atoms with Crippen molar-refractivity contribution in [1.82, 2.24) is 9.47 Å². The van der Waals surface area contributed by atoms with Gasteiger partial charge < -0.3 is 14.2 Å². The fraction of sp³-hybridized carbons (Fsp3) is 0.714. The van der Waals surface area contributed by atoms with E-state index in [4.69, 9.17) is 4.74 Å². The topological polar surface area (TPSA) is 51.5 Å². The van der Waals surface area contributed by atoms with E-state index in [0.29, 0.717) is 26.2 Å². The van der Waals surface area contributed by atoms with Gasteiger partial charge in [0.2, 0.25) is 5.91 Å². The summed E-state index contributed by atoms with van der Waals surface area (Å²) in [5.74, 6) is 0.100. The average Bonchev–Trinajstić information content (AvgIpc) is 2.61. The number of hydrogen-bond acceptors (Lipinski definition) is 4. The maximum Gasteiger partial charge on any atom is 0.307 e. The molecule has 2 atom stereocenters. The molecule has 6 heteroatoms. The molecule has 112 valence electrons. The molecule has 2 rings (SSSR count). The van der Waals surface area contributed by atoms with Crippen LogP contribution in [0.3, 0.4) is 0 Å². The summed E-state index contributed by atoms with van der Waals surface area (Å²) in [4.78, 5) is 27.1. The Morgan fingerprint density at radius 3 is 2.40 bits per heavy atom. The standard InChI is InChI=1S/C14H22N2O3S/c1-9-7-19-8-10(2)16(9)13(17)5-6-15-11(3)12(4)20-14(15)18/h9-10H,5-8H2,1-4H3/t9-,10-/m0/s1. The van der Waals surface area contributed by atoms with Crippen molar-refractivity contribution in [2.45, 2.75) is 52.7 Å². The molecule has 0 aliphatic carbocycles. The summed E-state index contributed by atoms with van der Waals surface area (Å²) in [5.41, 5.74) is 0.968. The van der Waals surface area contributed by atoms with E-state index in [1.54, 1.807) is 4.57 Å². The average molecular weight is 298 g/mol. The van der Waals surface area contributed by atoms with Crippen molar-refractivity contribution in [3.63, 3.8) is 0 Å². The Bertz CT molecular complexity index is 539. The van der Waals surface area contributed by atoms with Gasteiger partial charge in [0, 0.05) is 23.5 Å². The Balaban J connectivity index is 2.03. The highest BCUT2D eigenvalue weighted by Gasteiger charge is 2.29. The predicted octanol–water partition coefficient (Wildman–Crippen LogP) is 1.55. The molecule has 1 aromatic rings. The molecule has 0 bridgehead atoms. The zero-order chi connectivity index (χ0) is 14.9. The second-order valence-corrected chi connectivity index (χ2v) is 6.61. The Morgan fingerprint density at radius 1 is 1.30 bits per heavy atom. The number of carbonyl (C=O) groups excluding carboxylic acids is 1. The van der Waals surface area contributed by atoms with Gasteiger partial charge in [-0.1, -0.05) is 11.3 Å². The van der Waals surface area contributed by atoms with Crippen molar-refractivity contribution in [1.29, 1.82) is 0 Å². The first kappa shape index (κ1) is 15.3. The highest BCUT2D eigenvalue weighted by atomic mass is 32.1. The third-order valence-corrected chi connectivity index (χ3v) is 4.88. The maximum atomic E-state index is 12.4. The van der Waals surface area contributed by atoms with Gasteiger partial charge in [-0.15, -0.1) is 0 Å². The quantitative estimate of drug-likeness (QED) is 0.851. The SMILES string of the molecule is Cc1sc(=O)n(CCC(=O)N2[C@@H](C)COC[C@@H]2C)c1C. The van der Waals surface area contributed by atoms with Crippen LogP contribution in [0.25, 0.3) is 0 Å². The Labute approximate surface area is 123 Å². The highest BCUT2D eigenvalue weighted by molar-refractivity contribution is 7.09. The molecule has 20 heavy (non-hydrogen) atoms. The molecule has 0 N–H and O–H groups in total. The molecular formula is C14H22N2O3S. The number of morpholine rings is 1. The van der Waals surface area contributed by atoms with E-state index in [0.717, 1.165) is 10.6 Å². The number of aromatic nitrogens is 1. The first-order chi connectivity index (χ1) is 9.41. The predicted molar refractivity (Wildman–Crippen MR) is 79.3 cm³/mol. The summed E-state index contributed by atoms with van der Waals surface area (Å²) in [6.07, 6.45) is 0.367. The van der Waals surface area contributed by atoms with E-state index >= 15 is 0 Å². The van der Waals surface area contributed by atoms with Crippen LogP contribution >= 0.6 is 11.3 Å². The smallest absolute Gasteiger partial charge is 0.307 e. The van der Waals surface area contributed by atoms with Gasteiger partial charge in [-0.3, -0.25) is 9.59 Å². The zero-order valence-corrected chi connectivity index (χ0v) is 13.3. The second kappa shape index (κ2) is 6.10. The largest absolute Gasteiger partial charge is 0.377 e. The lowest BCUT2D eigenvalue weighted by molar-refractivity contribution is -0.144. The van der Waals surface area contributed by atoms with E-state index in [1.165, 1.54) is 11.3 Å². The van der Waals surface area contributed by atoms with E-state index in [1.807, 2.05) is 32.6 Å². The normalized spacial score (nSPS) is 23.1. The van der Waals surface area contributed by atoms with Gasteiger partial charge in [0.05, 0.1) is 25.3 Å². The van der Waals surface area contributed by atoms with E-state index in [-0.39, 0.29) is 22.9 Å². The Hall–Kier alpha value is -1.14. The van der Waals surface area contributed by atoms with Gasteiger partial charge in [0.1, 0.15) is 0 Å². The molecule has 2 heterocycles. The van der Waals surface area contributed by atoms with Crippen molar-refractivity contribution in [3.05, 3.63) is 20.2 Å².